The van der Waals surface area contributed by atoms with E-state index in [-0.39, 0.29) is 0 Å². The van der Waals surface area contributed by atoms with Gasteiger partial charge in [0.2, 0.25) is 0 Å². The van der Waals surface area contributed by atoms with Gasteiger partial charge in [0.1, 0.15) is 0 Å². The van der Waals surface area contributed by atoms with Crippen molar-refractivity contribution in [2.24, 2.45) is 0 Å². The summed E-state index contributed by atoms with van der Waals surface area (Å²) in [6.07, 6.45) is 2.06. The van der Waals surface area contributed by atoms with Gasteiger partial charge in [0.25, 0.3) is 0 Å². The zero-order valence-corrected chi connectivity index (χ0v) is 14.5. The molecule has 3 nitrogen and oxygen atoms in total. The zero-order valence-electron chi connectivity index (χ0n) is 9.66. The van der Waals surface area contributed by atoms with Gasteiger partial charge in [0.05, 0.1) is 0 Å². The van der Waals surface area contributed by atoms with Crippen LogP contribution in [-0.2, 0) is 9.05 Å². The Morgan fingerprint density at radius 2 is 1.00 bits per heavy atom. The average Bonchev–Trinajstić information content (AvgIpc) is 2.28. The van der Waals surface area contributed by atoms with Gasteiger partial charge in [-0.2, -0.15) is 0 Å². The summed E-state index contributed by atoms with van der Waals surface area (Å²) in [5.74, 6) is 0. The van der Waals surface area contributed by atoms with Crippen LogP contribution in [0.25, 0.3) is 0 Å². The molecular weight excluding hydrogens is 384 g/mol. The van der Waals surface area contributed by atoms with Crippen molar-refractivity contribution < 1.29 is 9.05 Å². The van der Waals surface area contributed by atoms with Crippen LogP contribution >= 0.6 is 34.8 Å². The Morgan fingerprint density at radius 1 is 0.750 bits per heavy atom. The molecule has 0 radical (unpaired) electrons. The van der Waals surface area contributed by atoms with Crippen LogP contribution in [0, 0.1) is 0 Å². The molecule has 0 saturated heterocycles. The zero-order chi connectivity index (χ0) is 12.6. The molecule has 0 amide bonds. The molecule has 3 unspecified atom stereocenters. The Kier molecular flexibility index (Phi) is 11.5. The van der Waals surface area contributed by atoms with Gasteiger partial charge in [-0.15, -0.1) is 0 Å². The summed E-state index contributed by atoms with van der Waals surface area (Å²) in [6.45, 7) is 5.77. The molecule has 0 rings (SSSR count). The number of hydrogen-bond acceptors (Lipinski definition) is 3. The van der Waals surface area contributed by atoms with Gasteiger partial charge in [-0.3, -0.25) is 0 Å². The summed E-state index contributed by atoms with van der Waals surface area (Å²) in [5, 5.41) is 0. The van der Waals surface area contributed by atoms with Gasteiger partial charge in [-0.05, 0) is 0 Å². The fourth-order valence-corrected chi connectivity index (χ4v) is 5.19. The SMILES string of the molecule is CCC(Cl)[O][Sb]([O]C(Cl)CC)[O]C(Cl)CC. The number of hydrogen-bond donors (Lipinski definition) is 0. The van der Waals surface area contributed by atoms with Gasteiger partial charge < -0.3 is 0 Å². The predicted octanol–water partition coefficient (Wildman–Crippen LogP) is 3.95. The second-order valence-electron chi connectivity index (χ2n) is 2.99. The first kappa shape index (κ1) is 17.6. The Hall–Kier alpha value is 1.57. The van der Waals surface area contributed by atoms with Crippen molar-refractivity contribution in [3.8, 4) is 0 Å². The molecular formula is C9H18Cl3O3Sb. The first-order valence-electron chi connectivity index (χ1n) is 5.26. The molecule has 0 N–H and O–H groups in total. The van der Waals surface area contributed by atoms with Crippen LogP contribution in [0.4, 0.5) is 0 Å². The van der Waals surface area contributed by atoms with Crippen LogP contribution < -0.4 is 0 Å². The maximum atomic E-state index is 5.89. The number of alkyl halides is 3. The van der Waals surface area contributed by atoms with E-state index in [0.717, 1.165) is 0 Å². The minimum absolute atomic E-state index is 0.399. The summed E-state index contributed by atoms with van der Waals surface area (Å²) in [5.41, 5.74) is -1.20. The third-order valence-electron chi connectivity index (χ3n) is 1.56. The van der Waals surface area contributed by atoms with Crippen molar-refractivity contribution in [1.29, 1.82) is 0 Å². The Balaban J connectivity index is 4.15. The molecule has 0 heterocycles. The van der Waals surface area contributed by atoms with Crippen molar-refractivity contribution in [2.75, 3.05) is 0 Å². The molecule has 0 bridgehead atoms. The van der Waals surface area contributed by atoms with Crippen molar-refractivity contribution in [3.05, 3.63) is 0 Å². The van der Waals surface area contributed by atoms with Crippen LogP contribution in [0.3, 0.4) is 0 Å². The van der Waals surface area contributed by atoms with E-state index in [2.05, 4.69) is 0 Å². The second-order valence-corrected chi connectivity index (χ2v) is 7.54. The quantitative estimate of drug-likeness (QED) is 0.432. The fraction of sp³-hybridized carbons (Fsp3) is 1.00. The summed E-state index contributed by atoms with van der Waals surface area (Å²) < 4.78 is 16.4. The number of halogens is 3. The Morgan fingerprint density at radius 3 is 1.19 bits per heavy atom. The molecule has 3 atom stereocenters. The van der Waals surface area contributed by atoms with Crippen LogP contribution in [-0.4, -0.2) is 38.2 Å². The van der Waals surface area contributed by atoms with Crippen molar-refractivity contribution in [1.82, 2.24) is 0 Å². The number of rotatable bonds is 9. The normalized spacial score (nSPS) is 17.4. The molecule has 0 saturated carbocycles. The monoisotopic (exact) mass is 400 g/mol. The molecule has 0 aliphatic rings. The molecule has 0 aliphatic heterocycles. The Bertz CT molecular complexity index is 148. The first-order chi connectivity index (χ1) is 7.53. The van der Waals surface area contributed by atoms with Gasteiger partial charge >= 0.3 is 122 Å². The molecule has 7 heteroatoms. The van der Waals surface area contributed by atoms with Gasteiger partial charge in [0, 0.05) is 0 Å². The summed E-state index contributed by atoms with van der Waals surface area (Å²) in [7, 11) is 0. The third kappa shape index (κ3) is 8.63. The molecule has 0 aliphatic carbocycles. The topological polar surface area (TPSA) is 27.7 Å². The van der Waals surface area contributed by atoms with Crippen molar-refractivity contribution in [3.63, 3.8) is 0 Å². The summed E-state index contributed by atoms with van der Waals surface area (Å²) in [6, 6.07) is 0. The first-order valence-corrected chi connectivity index (χ1v) is 9.69. The average molecular weight is 402 g/mol. The van der Waals surface area contributed by atoms with E-state index in [1.807, 2.05) is 20.8 Å². The van der Waals surface area contributed by atoms with E-state index >= 15 is 0 Å². The van der Waals surface area contributed by atoms with Crippen LogP contribution in [0.15, 0.2) is 0 Å². The van der Waals surface area contributed by atoms with Gasteiger partial charge in [-0.1, -0.05) is 0 Å². The second kappa shape index (κ2) is 10.5. The van der Waals surface area contributed by atoms with E-state index in [1.54, 1.807) is 0 Å². The van der Waals surface area contributed by atoms with E-state index < -0.39 is 38.2 Å². The van der Waals surface area contributed by atoms with E-state index in [1.165, 1.54) is 0 Å². The molecule has 0 spiro atoms. The van der Waals surface area contributed by atoms with E-state index in [0.29, 0.717) is 19.3 Å². The molecule has 0 aromatic carbocycles. The van der Waals surface area contributed by atoms with Crippen LogP contribution in [0.5, 0.6) is 0 Å². The predicted molar refractivity (Wildman–Crippen MR) is 68.8 cm³/mol. The van der Waals surface area contributed by atoms with Gasteiger partial charge in [0.15, 0.2) is 0 Å². The maximum absolute atomic E-state index is 5.89. The molecule has 98 valence electrons. The van der Waals surface area contributed by atoms with Crippen LogP contribution in [0.1, 0.15) is 40.0 Å². The van der Waals surface area contributed by atoms with E-state index in [4.69, 9.17) is 43.8 Å². The molecule has 0 fully saturated rings. The minimum atomic E-state index is -2.81. The molecule has 0 aromatic heterocycles. The third-order valence-corrected chi connectivity index (χ3v) is 7.53. The van der Waals surface area contributed by atoms with Crippen molar-refractivity contribution in [2.45, 2.75) is 56.7 Å². The van der Waals surface area contributed by atoms with Gasteiger partial charge in [-0.25, -0.2) is 0 Å². The summed E-state index contributed by atoms with van der Waals surface area (Å²) in [4.78, 5) is 0. The summed E-state index contributed by atoms with van der Waals surface area (Å²) >= 11 is 14.9. The van der Waals surface area contributed by atoms with Crippen LogP contribution in [0.2, 0.25) is 0 Å². The van der Waals surface area contributed by atoms with Crippen molar-refractivity contribution >= 4 is 56.3 Å². The standard InChI is InChI=1S/3C3H6ClO.Sb/c3*1-2-3(4)5;/h3*3H,2H2,1H3;/q3*-1;+3. The fourth-order valence-electron chi connectivity index (χ4n) is 0.578. The van der Waals surface area contributed by atoms with E-state index in [9.17, 15) is 0 Å². The molecule has 16 heavy (non-hydrogen) atoms. The molecule has 0 aromatic rings. The Labute approximate surface area is 121 Å².